The van der Waals surface area contributed by atoms with Crippen molar-refractivity contribution in [2.45, 2.75) is 33.3 Å². The van der Waals surface area contributed by atoms with E-state index in [1.807, 2.05) is 0 Å². The Morgan fingerprint density at radius 1 is 1.40 bits per heavy atom. The second kappa shape index (κ2) is 3.01. The number of hydrogen-bond acceptors (Lipinski definition) is 3. The van der Waals surface area contributed by atoms with Crippen LogP contribution in [0.3, 0.4) is 0 Å². The molecule has 59 valence electrons. The van der Waals surface area contributed by atoms with Gasteiger partial charge in [-0.05, 0) is 27.7 Å². The van der Waals surface area contributed by atoms with Crippen LogP contribution in [0.4, 0.5) is 0 Å². The zero-order chi connectivity index (χ0) is 8.36. The molecule has 0 aliphatic heterocycles. The zero-order valence-corrected chi connectivity index (χ0v) is 6.89. The number of nitrogens with two attached hydrogens (primary N) is 1. The maximum Gasteiger partial charge on any atom is 0.328 e. The highest BCUT2D eigenvalue weighted by atomic mass is 16.6. The van der Waals surface area contributed by atoms with Gasteiger partial charge >= 0.3 is 5.97 Å². The fraction of sp³-hybridized carbons (Fsp3) is 0.714. The third-order valence-electron chi connectivity index (χ3n) is 0.721. The lowest BCUT2D eigenvalue weighted by atomic mass is 10.2. The van der Waals surface area contributed by atoms with Crippen molar-refractivity contribution in [3.05, 3.63) is 6.04 Å². The summed E-state index contributed by atoms with van der Waals surface area (Å²) in [4.78, 5) is 10.8. The van der Waals surface area contributed by atoms with E-state index in [0.717, 1.165) is 0 Å². The molecule has 3 heteroatoms. The molecule has 0 atom stereocenters. The second-order valence-electron chi connectivity index (χ2n) is 3.18. The normalized spacial score (nSPS) is 11.8. The Kier molecular flexibility index (Phi) is 2.84. The van der Waals surface area contributed by atoms with E-state index in [1.165, 1.54) is 6.92 Å². The van der Waals surface area contributed by atoms with Gasteiger partial charge in [-0.25, -0.2) is 4.79 Å². The van der Waals surface area contributed by atoms with Gasteiger partial charge in [-0.1, -0.05) is 0 Å². The molecule has 0 saturated carbocycles. The molecule has 0 fully saturated rings. The highest BCUT2D eigenvalue weighted by Crippen LogP contribution is 2.08. The molecule has 0 bridgehead atoms. The molecule has 3 nitrogen and oxygen atoms in total. The number of ether oxygens (including phenoxy) is 1. The predicted molar refractivity (Wildman–Crippen MR) is 38.9 cm³/mol. The Hall–Kier alpha value is -0.570. The molecule has 0 spiro atoms. The van der Waals surface area contributed by atoms with Gasteiger partial charge in [0.25, 0.3) is 0 Å². The molecule has 0 heterocycles. The molecule has 0 unspecified atom stereocenters. The van der Waals surface area contributed by atoms with E-state index < -0.39 is 11.6 Å². The van der Waals surface area contributed by atoms with Crippen LogP contribution in [0.25, 0.3) is 0 Å². The summed E-state index contributed by atoms with van der Waals surface area (Å²) in [7, 11) is 0. The molecule has 0 aliphatic rings. The van der Waals surface area contributed by atoms with E-state index in [-0.39, 0.29) is 6.04 Å². The van der Waals surface area contributed by atoms with Gasteiger partial charge in [0.05, 0.1) is 0 Å². The lowest BCUT2D eigenvalue weighted by Crippen LogP contribution is -2.29. The Labute approximate surface area is 61.5 Å². The van der Waals surface area contributed by atoms with Gasteiger partial charge in [-0.15, -0.1) is 0 Å². The first kappa shape index (κ1) is 9.43. The van der Waals surface area contributed by atoms with Crippen LogP contribution in [-0.4, -0.2) is 11.6 Å². The first-order valence-corrected chi connectivity index (χ1v) is 3.15. The summed E-state index contributed by atoms with van der Waals surface area (Å²) in [5.41, 5.74) is 4.74. The van der Waals surface area contributed by atoms with Crippen LogP contribution in [-0.2, 0) is 9.53 Å². The summed E-state index contributed by atoms with van der Waals surface area (Å²) in [6.45, 7) is 6.92. The third kappa shape index (κ3) is 4.32. The molecule has 2 N–H and O–H groups in total. The number of esters is 1. The highest BCUT2D eigenvalue weighted by Gasteiger charge is 2.19. The van der Waals surface area contributed by atoms with Crippen molar-refractivity contribution in [1.29, 1.82) is 0 Å². The summed E-state index contributed by atoms with van der Waals surface area (Å²) < 4.78 is 4.90. The van der Waals surface area contributed by atoms with Crippen molar-refractivity contribution in [2.75, 3.05) is 0 Å². The quantitative estimate of drug-likeness (QED) is 0.555. The van der Waals surface area contributed by atoms with E-state index in [9.17, 15) is 4.79 Å². The minimum absolute atomic E-state index is 0.190. The smallest absolute Gasteiger partial charge is 0.328 e. The topological polar surface area (TPSA) is 52.3 Å². The molecule has 0 saturated heterocycles. The first-order chi connectivity index (χ1) is 4.33. The third-order valence-corrected chi connectivity index (χ3v) is 0.721. The number of rotatable bonds is 1. The van der Waals surface area contributed by atoms with Gasteiger partial charge in [-0.3, -0.25) is 0 Å². The molecule has 0 aromatic rings. The number of hydrogen-bond donors (Lipinski definition) is 1. The molecule has 0 amide bonds. The minimum atomic E-state index is -0.447. The molecule has 0 aromatic heterocycles. The van der Waals surface area contributed by atoms with Gasteiger partial charge in [0.15, 0.2) is 0 Å². The van der Waals surface area contributed by atoms with Crippen LogP contribution in [0, 0.1) is 6.04 Å². The van der Waals surface area contributed by atoms with Crippen LogP contribution >= 0.6 is 0 Å². The monoisotopic (exact) mass is 144 g/mol. The molecular weight excluding hydrogens is 130 g/mol. The Bertz CT molecular complexity index is 124. The van der Waals surface area contributed by atoms with Gasteiger partial charge in [-0.2, -0.15) is 0 Å². The number of carbonyl (C=O) groups excluding carboxylic acids is 1. The minimum Gasteiger partial charge on any atom is -0.459 e. The SMILES string of the molecule is C[C](N)C(=O)OC(C)(C)C. The van der Waals surface area contributed by atoms with E-state index in [4.69, 9.17) is 10.5 Å². The average Bonchev–Trinajstić information content (AvgIpc) is 1.60. The van der Waals surface area contributed by atoms with Crippen molar-refractivity contribution in [2.24, 2.45) is 5.73 Å². The van der Waals surface area contributed by atoms with Crippen LogP contribution in [0.5, 0.6) is 0 Å². The van der Waals surface area contributed by atoms with Crippen LogP contribution in [0.1, 0.15) is 27.7 Å². The highest BCUT2D eigenvalue weighted by molar-refractivity contribution is 5.83. The lowest BCUT2D eigenvalue weighted by Gasteiger charge is -2.20. The van der Waals surface area contributed by atoms with Crippen molar-refractivity contribution < 1.29 is 9.53 Å². The molecule has 0 rings (SSSR count). The molecule has 10 heavy (non-hydrogen) atoms. The van der Waals surface area contributed by atoms with Crippen molar-refractivity contribution in [1.82, 2.24) is 0 Å². The van der Waals surface area contributed by atoms with E-state index in [1.54, 1.807) is 20.8 Å². The average molecular weight is 144 g/mol. The van der Waals surface area contributed by atoms with E-state index >= 15 is 0 Å². The summed E-state index contributed by atoms with van der Waals surface area (Å²) in [5.74, 6) is -0.438. The second-order valence-corrected chi connectivity index (χ2v) is 3.18. The molecule has 0 aliphatic carbocycles. The standard InChI is InChI=1S/C7H14NO2/c1-5(8)6(9)10-7(2,3)4/h8H2,1-4H3. The summed E-state index contributed by atoms with van der Waals surface area (Å²) in [5, 5.41) is 0. The van der Waals surface area contributed by atoms with Gasteiger partial charge in [0.1, 0.15) is 11.6 Å². The van der Waals surface area contributed by atoms with Crippen molar-refractivity contribution in [3.8, 4) is 0 Å². The summed E-state index contributed by atoms with van der Waals surface area (Å²) >= 11 is 0. The maximum atomic E-state index is 10.8. The Balaban J connectivity index is 3.81. The fourth-order valence-corrected chi connectivity index (χ4v) is 0.359. The van der Waals surface area contributed by atoms with Gasteiger partial charge < -0.3 is 10.5 Å². The summed E-state index contributed by atoms with van der Waals surface area (Å²) in [6.07, 6.45) is 0. The van der Waals surface area contributed by atoms with E-state index in [2.05, 4.69) is 0 Å². The van der Waals surface area contributed by atoms with Crippen molar-refractivity contribution >= 4 is 5.97 Å². The largest absolute Gasteiger partial charge is 0.459 e. The molecule has 0 aromatic carbocycles. The van der Waals surface area contributed by atoms with Crippen LogP contribution in [0.2, 0.25) is 0 Å². The predicted octanol–water partition coefficient (Wildman–Crippen LogP) is 0.839. The maximum absolute atomic E-state index is 10.8. The van der Waals surface area contributed by atoms with Gasteiger partial charge in [0, 0.05) is 0 Å². The Morgan fingerprint density at radius 2 is 1.80 bits per heavy atom. The van der Waals surface area contributed by atoms with Gasteiger partial charge in [0.2, 0.25) is 0 Å². The number of carbonyl (C=O) groups is 1. The first-order valence-electron chi connectivity index (χ1n) is 3.15. The lowest BCUT2D eigenvalue weighted by molar-refractivity contribution is -0.152. The van der Waals surface area contributed by atoms with Crippen LogP contribution in [0.15, 0.2) is 0 Å². The Morgan fingerprint density at radius 3 is 1.90 bits per heavy atom. The zero-order valence-electron chi connectivity index (χ0n) is 6.89. The van der Waals surface area contributed by atoms with Crippen molar-refractivity contribution in [3.63, 3.8) is 0 Å². The summed E-state index contributed by atoms with van der Waals surface area (Å²) in [6, 6.07) is 0.190. The van der Waals surface area contributed by atoms with E-state index in [0.29, 0.717) is 0 Å². The van der Waals surface area contributed by atoms with Crippen LogP contribution < -0.4 is 5.73 Å². The molecule has 1 radical (unpaired) electrons. The fourth-order valence-electron chi connectivity index (χ4n) is 0.359. The molecular formula is C7H14NO2.